The van der Waals surface area contributed by atoms with Crippen molar-refractivity contribution in [3.63, 3.8) is 0 Å². The van der Waals surface area contributed by atoms with Gasteiger partial charge >= 0.3 is 0 Å². The quantitative estimate of drug-likeness (QED) is 0.757. The molecule has 2 N–H and O–H groups in total. The average molecular weight is 289 g/mol. The van der Waals surface area contributed by atoms with Gasteiger partial charge in [0.25, 0.3) is 0 Å². The third kappa shape index (κ3) is 4.79. The van der Waals surface area contributed by atoms with Gasteiger partial charge in [0.05, 0.1) is 24.2 Å². The summed E-state index contributed by atoms with van der Waals surface area (Å²) in [7, 11) is -0.717. The number of nitrogens with one attached hydrogen (secondary N) is 1. The largest absolute Gasteiger partial charge is 0.497 e. The Labute approximate surface area is 113 Å². The van der Waals surface area contributed by atoms with E-state index in [1.165, 1.54) is 33.3 Å². The van der Waals surface area contributed by atoms with E-state index >= 15 is 0 Å². The first-order valence-corrected chi connectivity index (χ1v) is 7.14. The maximum atomic E-state index is 12.0. The molecule has 0 amide bonds. The number of sulfonamides is 1. The molecule has 7 heteroatoms. The highest BCUT2D eigenvalue weighted by Gasteiger charge is 2.24. The van der Waals surface area contributed by atoms with Crippen LogP contribution in [-0.4, -0.2) is 46.5 Å². The highest BCUT2D eigenvalue weighted by molar-refractivity contribution is 7.89. The molecule has 19 heavy (non-hydrogen) atoms. The molecule has 0 aromatic heterocycles. The molecule has 1 rings (SSSR count). The minimum absolute atomic E-state index is 0.0398. The summed E-state index contributed by atoms with van der Waals surface area (Å²) in [6.07, 6.45) is 0. The van der Waals surface area contributed by atoms with Gasteiger partial charge in [0.2, 0.25) is 10.0 Å². The van der Waals surface area contributed by atoms with Crippen molar-refractivity contribution in [1.29, 1.82) is 0 Å². The third-order valence-corrected chi connectivity index (χ3v) is 3.89. The first-order valence-electron chi connectivity index (χ1n) is 5.66. The van der Waals surface area contributed by atoms with Gasteiger partial charge in [-0.25, -0.2) is 13.1 Å². The molecule has 0 radical (unpaired) electrons. The number of hydrogen-bond acceptors (Lipinski definition) is 5. The Hall–Kier alpha value is -1.15. The van der Waals surface area contributed by atoms with Crippen LogP contribution < -0.4 is 9.46 Å². The number of aliphatic hydroxyl groups is 1. The van der Waals surface area contributed by atoms with Gasteiger partial charge < -0.3 is 14.6 Å². The molecule has 0 spiro atoms. The molecule has 1 aromatic rings. The first kappa shape index (κ1) is 15.9. The number of rotatable bonds is 7. The molecule has 0 aliphatic heterocycles. The lowest BCUT2D eigenvalue weighted by molar-refractivity contribution is -0.0119. The number of ether oxygens (including phenoxy) is 2. The van der Waals surface area contributed by atoms with Gasteiger partial charge in [-0.2, -0.15) is 0 Å². The fraction of sp³-hybridized carbons (Fsp3) is 0.500. The van der Waals surface area contributed by atoms with E-state index in [1.807, 2.05) is 0 Å². The van der Waals surface area contributed by atoms with Crippen LogP contribution in [0.2, 0.25) is 0 Å². The predicted molar refractivity (Wildman–Crippen MR) is 70.7 cm³/mol. The molecule has 1 atom stereocenters. The van der Waals surface area contributed by atoms with E-state index in [9.17, 15) is 13.5 Å². The van der Waals surface area contributed by atoms with E-state index < -0.39 is 15.6 Å². The van der Waals surface area contributed by atoms with Crippen molar-refractivity contribution >= 4 is 10.0 Å². The number of benzene rings is 1. The summed E-state index contributed by atoms with van der Waals surface area (Å²) in [5.41, 5.74) is -1.26. The van der Waals surface area contributed by atoms with Crippen LogP contribution in [0, 0.1) is 0 Å². The maximum absolute atomic E-state index is 12.0. The highest BCUT2D eigenvalue weighted by atomic mass is 32.2. The first-order chi connectivity index (χ1) is 8.80. The molecule has 1 aromatic carbocycles. The molecule has 0 aliphatic rings. The van der Waals surface area contributed by atoms with E-state index in [-0.39, 0.29) is 18.0 Å². The minimum atomic E-state index is -3.66. The number of hydrogen-bond donors (Lipinski definition) is 2. The fourth-order valence-electron chi connectivity index (χ4n) is 1.45. The van der Waals surface area contributed by atoms with Crippen LogP contribution in [0.3, 0.4) is 0 Å². The zero-order chi connectivity index (χ0) is 14.5. The normalized spacial score (nSPS) is 14.9. The zero-order valence-electron chi connectivity index (χ0n) is 11.2. The monoisotopic (exact) mass is 289 g/mol. The van der Waals surface area contributed by atoms with Crippen LogP contribution in [-0.2, 0) is 14.8 Å². The zero-order valence-corrected chi connectivity index (χ0v) is 12.0. The molecule has 6 nitrogen and oxygen atoms in total. The van der Waals surface area contributed by atoms with Gasteiger partial charge in [-0.05, 0) is 31.2 Å². The van der Waals surface area contributed by atoms with Gasteiger partial charge in [0.1, 0.15) is 5.75 Å². The summed E-state index contributed by atoms with van der Waals surface area (Å²) < 4.78 is 36.1. The maximum Gasteiger partial charge on any atom is 0.240 e. The summed E-state index contributed by atoms with van der Waals surface area (Å²) in [4.78, 5) is 0.113. The summed E-state index contributed by atoms with van der Waals surface area (Å²) in [5, 5.41) is 9.83. The minimum Gasteiger partial charge on any atom is -0.497 e. The summed E-state index contributed by atoms with van der Waals surface area (Å²) in [6, 6.07) is 5.99. The van der Waals surface area contributed by atoms with E-state index in [2.05, 4.69) is 4.72 Å². The molecule has 0 aliphatic carbocycles. The van der Waals surface area contributed by atoms with E-state index in [4.69, 9.17) is 9.47 Å². The molecular formula is C12H19NO5S. The van der Waals surface area contributed by atoms with Crippen molar-refractivity contribution in [3.8, 4) is 5.75 Å². The van der Waals surface area contributed by atoms with Gasteiger partial charge in [-0.1, -0.05) is 0 Å². The second-order valence-electron chi connectivity index (χ2n) is 4.43. The van der Waals surface area contributed by atoms with Crippen LogP contribution in [0.1, 0.15) is 6.92 Å². The number of methoxy groups -OCH3 is 2. The van der Waals surface area contributed by atoms with Crippen molar-refractivity contribution in [2.75, 3.05) is 27.4 Å². The molecule has 1 unspecified atom stereocenters. The summed E-state index contributed by atoms with van der Waals surface area (Å²) >= 11 is 0. The Morgan fingerprint density at radius 2 is 1.84 bits per heavy atom. The highest BCUT2D eigenvalue weighted by Crippen LogP contribution is 2.15. The smallest absolute Gasteiger partial charge is 0.240 e. The van der Waals surface area contributed by atoms with Gasteiger partial charge in [0.15, 0.2) is 0 Å². The van der Waals surface area contributed by atoms with Crippen molar-refractivity contribution in [2.24, 2.45) is 0 Å². The topological polar surface area (TPSA) is 84.9 Å². The van der Waals surface area contributed by atoms with Crippen LogP contribution in [0.25, 0.3) is 0 Å². The summed E-state index contributed by atoms with van der Waals surface area (Å²) in [6.45, 7) is 1.40. The molecule has 0 fully saturated rings. The van der Waals surface area contributed by atoms with Crippen molar-refractivity contribution in [3.05, 3.63) is 24.3 Å². The van der Waals surface area contributed by atoms with Gasteiger partial charge in [0, 0.05) is 13.7 Å². The van der Waals surface area contributed by atoms with E-state index in [1.54, 1.807) is 12.1 Å². The molecule has 0 bridgehead atoms. The predicted octanol–water partition coefficient (Wildman–Crippen LogP) is 0.371. The van der Waals surface area contributed by atoms with Crippen LogP contribution in [0.15, 0.2) is 29.2 Å². The molecular weight excluding hydrogens is 270 g/mol. The van der Waals surface area contributed by atoms with E-state index in [0.717, 1.165) is 0 Å². The van der Waals surface area contributed by atoms with Crippen LogP contribution in [0.5, 0.6) is 5.75 Å². The molecule has 0 heterocycles. The Bertz CT molecular complexity index is 495. The second kappa shape index (κ2) is 6.33. The van der Waals surface area contributed by atoms with Crippen molar-refractivity contribution < 1.29 is 23.0 Å². The Morgan fingerprint density at radius 3 is 2.32 bits per heavy atom. The Morgan fingerprint density at radius 1 is 1.26 bits per heavy atom. The van der Waals surface area contributed by atoms with Crippen molar-refractivity contribution in [1.82, 2.24) is 4.72 Å². The van der Waals surface area contributed by atoms with Crippen molar-refractivity contribution in [2.45, 2.75) is 17.4 Å². The lowest BCUT2D eigenvalue weighted by Crippen LogP contribution is -2.43. The Kier molecular flexibility index (Phi) is 5.30. The molecule has 108 valence electrons. The van der Waals surface area contributed by atoms with Gasteiger partial charge in [-0.15, -0.1) is 0 Å². The third-order valence-electron chi connectivity index (χ3n) is 2.47. The van der Waals surface area contributed by atoms with Gasteiger partial charge in [-0.3, -0.25) is 0 Å². The lowest BCUT2D eigenvalue weighted by Gasteiger charge is -2.22. The van der Waals surface area contributed by atoms with Crippen LogP contribution in [0.4, 0.5) is 0 Å². The lowest BCUT2D eigenvalue weighted by atomic mass is 10.1. The van der Waals surface area contributed by atoms with Crippen LogP contribution >= 0.6 is 0 Å². The average Bonchev–Trinajstić information content (AvgIpc) is 2.37. The van der Waals surface area contributed by atoms with E-state index in [0.29, 0.717) is 5.75 Å². The SMILES string of the molecule is COCC(C)(O)CNS(=O)(=O)c1ccc(OC)cc1. The summed E-state index contributed by atoms with van der Waals surface area (Å²) in [5.74, 6) is 0.574. The fourth-order valence-corrected chi connectivity index (χ4v) is 2.61. The second-order valence-corrected chi connectivity index (χ2v) is 6.20. The molecule has 0 saturated carbocycles. The molecule has 0 saturated heterocycles. The standard InChI is InChI=1S/C12H19NO5S/c1-12(14,9-17-2)8-13-19(15,16)11-6-4-10(18-3)5-7-11/h4-7,13-14H,8-9H2,1-3H3. The Balaban J connectivity index is 2.75.